The van der Waals surface area contributed by atoms with Crippen molar-refractivity contribution in [1.82, 2.24) is 0 Å². The van der Waals surface area contributed by atoms with Gasteiger partial charge in [0.25, 0.3) is 0 Å². The molecule has 2 N–H and O–H groups in total. The van der Waals surface area contributed by atoms with E-state index in [-0.39, 0.29) is 24.9 Å². The highest BCUT2D eigenvalue weighted by Gasteiger charge is 2.61. The molecule has 6 atom stereocenters. The molecule has 6 nitrogen and oxygen atoms in total. The van der Waals surface area contributed by atoms with Crippen molar-refractivity contribution in [3.05, 3.63) is 35.9 Å². The van der Waals surface area contributed by atoms with Gasteiger partial charge in [0.1, 0.15) is 11.2 Å². The lowest BCUT2D eigenvalue weighted by Crippen LogP contribution is -2.71. The first kappa shape index (κ1) is 30.7. The summed E-state index contributed by atoms with van der Waals surface area (Å²) >= 11 is 0. The highest BCUT2D eigenvalue weighted by molar-refractivity contribution is 6.77. The summed E-state index contributed by atoms with van der Waals surface area (Å²) in [6.45, 7) is 18.7. The molecule has 0 bridgehead atoms. The molecule has 0 aliphatic carbocycles. The molecule has 1 aromatic rings. The first-order chi connectivity index (χ1) is 17.4. The molecule has 212 valence electrons. The maximum Gasteiger partial charge on any atom is 0.200 e. The molecule has 0 spiro atoms. The Morgan fingerprint density at radius 3 is 2.19 bits per heavy atom. The van der Waals surface area contributed by atoms with Crippen molar-refractivity contribution >= 4 is 8.32 Å². The van der Waals surface area contributed by atoms with Gasteiger partial charge in [-0.1, -0.05) is 71.9 Å². The van der Waals surface area contributed by atoms with Crippen LogP contribution < -0.4 is 0 Å². The number of rotatable bonds is 12. The second kappa shape index (κ2) is 12.6. The monoisotopic (exact) mass is 536 g/mol. The van der Waals surface area contributed by atoms with Gasteiger partial charge >= 0.3 is 0 Å². The first-order valence-electron chi connectivity index (χ1n) is 14.3. The minimum Gasteiger partial charge on any atom is -0.410 e. The van der Waals surface area contributed by atoms with Crippen LogP contribution in [0, 0.1) is 0 Å². The Morgan fingerprint density at radius 1 is 1.00 bits per heavy atom. The van der Waals surface area contributed by atoms with Gasteiger partial charge in [-0.3, -0.25) is 0 Å². The summed E-state index contributed by atoms with van der Waals surface area (Å²) in [5, 5.41) is 21.0. The van der Waals surface area contributed by atoms with E-state index in [0.29, 0.717) is 36.3 Å². The smallest absolute Gasteiger partial charge is 0.200 e. The molecule has 3 rings (SSSR count). The molecule has 1 aromatic carbocycles. The number of benzene rings is 1. The molecule has 0 amide bonds. The van der Waals surface area contributed by atoms with E-state index in [1.54, 1.807) is 6.92 Å². The highest BCUT2D eigenvalue weighted by atomic mass is 28.4. The van der Waals surface area contributed by atoms with Gasteiger partial charge in [-0.15, -0.1) is 0 Å². The van der Waals surface area contributed by atoms with E-state index in [1.807, 2.05) is 18.2 Å². The predicted octanol–water partition coefficient (Wildman–Crippen LogP) is 5.99. The van der Waals surface area contributed by atoms with E-state index >= 15 is 0 Å². The maximum atomic E-state index is 10.9. The van der Waals surface area contributed by atoms with Crippen LogP contribution in [-0.4, -0.2) is 67.4 Å². The van der Waals surface area contributed by atoms with Crippen molar-refractivity contribution in [3.63, 3.8) is 0 Å². The van der Waals surface area contributed by atoms with Crippen LogP contribution >= 0.6 is 0 Å². The molecular weight excluding hydrogens is 484 g/mol. The predicted molar refractivity (Wildman–Crippen MR) is 150 cm³/mol. The molecule has 0 radical (unpaired) electrons. The van der Waals surface area contributed by atoms with Crippen molar-refractivity contribution < 1.29 is 28.8 Å². The summed E-state index contributed by atoms with van der Waals surface area (Å²) in [5.41, 5.74) is 0.736. The van der Waals surface area contributed by atoms with Gasteiger partial charge < -0.3 is 28.8 Å². The quantitative estimate of drug-likeness (QED) is 0.252. The van der Waals surface area contributed by atoms with Crippen molar-refractivity contribution in [1.29, 1.82) is 0 Å². The summed E-state index contributed by atoms with van der Waals surface area (Å²) in [6, 6.07) is 10.2. The third kappa shape index (κ3) is 6.51. The molecule has 0 unspecified atom stereocenters. The van der Waals surface area contributed by atoms with Gasteiger partial charge in [0.05, 0.1) is 37.6 Å². The van der Waals surface area contributed by atoms with Crippen LogP contribution in [-0.2, 0) is 25.2 Å². The molecule has 2 aliphatic heterocycles. The number of fused-ring (bicyclic) bond motifs is 1. The molecule has 2 fully saturated rings. The second-order valence-corrected chi connectivity index (χ2v) is 18.0. The van der Waals surface area contributed by atoms with Gasteiger partial charge in [0, 0.05) is 19.4 Å². The van der Waals surface area contributed by atoms with E-state index in [1.165, 1.54) is 5.56 Å². The van der Waals surface area contributed by atoms with Gasteiger partial charge in [0.2, 0.25) is 8.32 Å². The van der Waals surface area contributed by atoms with E-state index < -0.39 is 25.6 Å². The largest absolute Gasteiger partial charge is 0.410 e. The van der Waals surface area contributed by atoms with Crippen LogP contribution in [0.1, 0.15) is 86.6 Å². The number of aliphatic hydroxyl groups is 2. The minimum absolute atomic E-state index is 0.0101. The Labute approximate surface area is 226 Å². The van der Waals surface area contributed by atoms with Crippen LogP contribution in [0.2, 0.25) is 16.6 Å². The van der Waals surface area contributed by atoms with Gasteiger partial charge in [-0.05, 0) is 48.9 Å². The van der Waals surface area contributed by atoms with E-state index in [0.717, 1.165) is 19.3 Å². The fraction of sp³-hybridized carbons (Fsp3) is 0.800. The SMILES string of the molecule is CC(C)[Si](O[C@H]1C[C@H](CCCOCc2ccccc2)O[C@@H]2C[C@H](O)[C@@](C)(CO)O[C@@]12C)(C(C)C)C(C)C. The summed E-state index contributed by atoms with van der Waals surface area (Å²) < 4.78 is 26.5. The molecule has 2 saturated heterocycles. The van der Waals surface area contributed by atoms with Crippen LogP contribution in [0.3, 0.4) is 0 Å². The topological polar surface area (TPSA) is 77.4 Å². The number of hydrogen-bond acceptors (Lipinski definition) is 6. The van der Waals surface area contributed by atoms with Crippen LogP contribution in [0.4, 0.5) is 0 Å². The van der Waals surface area contributed by atoms with Crippen LogP contribution in [0.25, 0.3) is 0 Å². The zero-order valence-corrected chi connectivity index (χ0v) is 25.4. The lowest BCUT2D eigenvalue weighted by molar-refractivity contribution is -0.329. The van der Waals surface area contributed by atoms with Gasteiger partial charge in [0.15, 0.2) is 0 Å². The summed E-state index contributed by atoms with van der Waals surface area (Å²) in [7, 11) is -2.21. The molecular formula is C30H52O6Si. The second-order valence-electron chi connectivity index (χ2n) is 12.6. The number of ether oxygens (including phenoxy) is 3. The molecule has 0 aromatic heterocycles. The number of hydrogen-bond donors (Lipinski definition) is 2. The lowest BCUT2D eigenvalue weighted by atomic mass is 9.76. The normalized spacial score (nSPS) is 32.8. The molecule has 2 heterocycles. The van der Waals surface area contributed by atoms with Crippen LogP contribution in [0.5, 0.6) is 0 Å². The van der Waals surface area contributed by atoms with E-state index in [4.69, 9.17) is 18.6 Å². The minimum atomic E-state index is -2.21. The third-order valence-electron chi connectivity index (χ3n) is 9.00. The van der Waals surface area contributed by atoms with Crippen molar-refractivity contribution in [2.45, 2.75) is 140 Å². The van der Waals surface area contributed by atoms with Crippen LogP contribution in [0.15, 0.2) is 30.3 Å². The Kier molecular flexibility index (Phi) is 10.5. The summed E-state index contributed by atoms with van der Waals surface area (Å²) in [4.78, 5) is 0. The van der Waals surface area contributed by atoms with Crippen molar-refractivity contribution in [2.24, 2.45) is 0 Å². The highest BCUT2D eigenvalue weighted by Crippen LogP contribution is 2.50. The average Bonchev–Trinajstić information content (AvgIpc) is 2.84. The first-order valence-corrected chi connectivity index (χ1v) is 16.5. The van der Waals surface area contributed by atoms with E-state index in [2.05, 4.69) is 60.6 Å². The zero-order valence-electron chi connectivity index (χ0n) is 24.4. The fourth-order valence-electron chi connectivity index (χ4n) is 6.87. The molecule has 0 saturated carbocycles. The molecule has 2 aliphatic rings. The molecule has 7 heteroatoms. The van der Waals surface area contributed by atoms with Gasteiger partial charge in [-0.25, -0.2) is 0 Å². The summed E-state index contributed by atoms with van der Waals surface area (Å²) in [6.07, 6.45) is 1.68. The summed E-state index contributed by atoms with van der Waals surface area (Å²) in [5.74, 6) is 0. The lowest BCUT2D eigenvalue weighted by Gasteiger charge is -2.59. The number of aliphatic hydroxyl groups excluding tert-OH is 2. The zero-order chi connectivity index (χ0) is 27.4. The Morgan fingerprint density at radius 2 is 1.62 bits per heavy atom. The average molecular weight is 537 g/mol. The third-order valence-corrected chi connectivity index (χ3v) is 15.1. The van der Waals surface area contributed by atoms with Crippen molar-refractivity contribution in [3.8, 4) is 0 Å². The van der Waals surface area contributed by atoms with Crippen molar-refractivity contribution in [2.75, 3.05) is 13.2 Å². The molecule has 37 heavy (non-hydrogen) atoms. The standard InChI is InChI=1S/C30H52O6Si/c1-21(2)37(22(3)4,23(5)6)35-28-17-25(15-12-16-33-19-24-13-10-9-11-14-24)34-27-18-26(32)29(7,20-31)36-30(27,28)8/h9-11,13-14,21-23,25-28,31-32H,12,15-20H2,1-8H3/t25-,26-,27+,28-,29+,30+/m0/s1. The van der Waals surface area contributed by atoms with Gasteiger partial charge in [-0.2, -0.15) is 0 Å². The Hall–Kier alpha value is -0.803. The van der Waals surface area contributed by atoms with E-state index in [9.17, 15) is 10.2 Å². The maximum absolute atomic E-state index is 10.9. The fourth-order valence-corrected chi connectivity index (χ4v) is 12.5. The Balaban J connectivity index is 1.77. The Bertz CT molecular complexity index is 811.